The van der Waals surface area contributed by atoms with E-state index < -0.39 is 73.7 Å². The molecule has 0 radical (unpaired) electrons. The fourth-order valence-corrected chi connectivity index (χ4v) is 5.90. The molecule has 1 aromatic heterocycles. The number of carbonyl (C=O) groups is 1. The molecule has 2 aliphatic rings. The van der Waals surface area contributed by atoms with Crippen molar-refractivity contribution < 1.29 is 38.1 Å². The van der Waals surface area contributed by atoms with Crippen molar-refractivity contribution >= 4 is 13.7 Å². The van der Waals surface area contributed by atoms with Crippen molar-refractivity contribution in [2.75, 3.05) is 6.61 Å². The van der Waals surface area contributed by atoms with Crippen molar-refractivity contribution in [3.8, 4) is 5.75 Å². The minimum absolute atomic E-state index is 0.181. The van der Waals surface area contributed by atoms with Crippen LogP contribution in [0.25, 0.3) is 0 Å². The monoisotopic (exact) mass is 525 g/mol. The lowest BCUT2D eigenvalue weighted by molar-refractivity contribution is -0.149. The zero-order chi connectivity index (χ0) is 26.3. The van der Waals surface area contributed by atoms with E-state index >= 15 is 0 Å². The van der Waals surface area contributed by atoms with Gasteiger partial charge in [0.2, 0.25) is 0 Å². The average Bonchev–Trinajstić information content (AvgIpc) is 3.30. The number of rotatable bonds is 10. The van der Waals surface area contributed by atoms with E-state index in [0.29, 0.717) is 0 Å². The lowest BCUT2D eigenvalue weighted by Crippen LogP contribution is -2.41. The number of H-pyrrole nitrogens is 1. The van der Waals surface area contributed by atoms with E-state index in [9.17, 15) is 29.2 Å². The Morgan fingerprint density at radius 2 is 1.94 bits per heavy atom. The van der Waals surface area contributed by atoms with Crippen LogP contribution in [0.3, 0.4) is 0 Å². The lowest BCUT2D eigenvalue weighted by atomic mass is 9.99. The van der Waals surface area contributed by atoms with E-state index in [1.54, 1.807) is 32.0 Å². The van der Waals surface area contributed by atoms with Crippen LogP contribution in [0.15, 0.2) is 52.2 Å². The van der Waals surface area contributed by atoms with Crippen LogP contribution in [0.1, 0.15) is 27.0 Å². The second-order valence-corrected chi connectivity index (χ2v) is 10.6. The fraction of sp³-hybridized carbons (Fsp3) is 0.500. The van der Waals surface area contributed by atoms with Gasteiger partial charge in [-0.25, -0.2) is 9.36 Å². The Kier molecular flexibility index (Phi) is 7.24. The summed E-state index contributed by atoms with van der Waals surface area (Å²) in [6.07, 6.45) is -4.01. The molecule has 4 rings (SSSR count). The van der Waals surface area contributed by atoms with Crippen LogP contribution in [0, 0.1) is 5.41 Å². The Labute approximate surface area is 205 Å². The minimum Gasteiger partial charge on any atom is -0.462 e. The van der Waals surface area contributed by atoms with Gasteiger partial charge < -0.3 is 24.2 Å². The summed E-state index contributed by atoms with van der Waals surface area (Å²) in [6, 6.07) is 8.09. The first-order valence-electron chi connectivity index (χ1n) is 11.3. The molecule has 1 saturated heterocycles. The van der Waals surface area contributed by atoms with Gasteiger partial charge in [0.25, 0.3) is 5.56 Å². The predicted molar refractivity (Wildman–Crippen MR) is 124 cm³/mol. The number of fused-ring (bicyclic) bond motifs is 1. The third-order valence-electron chi connectivity index (χ3n) is 6.01. The average molecular weight is 525 g/mol. The van der Waals surface area contributed by atoms with E-state index in [0.717, 1.165) is 16.8 Å². The van der Waals surface area contributed by atoms with Crippen molar-refractivity contribution in [1.29, 1.82) is 0 Å². The van der Waals surface area contributed by atoms with E-state index in [4.69, 9.17) is 18.5 Å². The molecule has 1 aliphatic carbocycles. The number of nitrogens with one attached hydrogen (secondary N) is 2. The molecule has 0 bridgehead atoms. The van der Waals surface area contributed by atoms with Crippen LogP contribution in [0.4, 0.5) is 0 Å². The first kappa shape index (κ1) is 26.3. The maximum Gasteiger partial charge on any atom is 0.459 e. The Morgan fingerprint density at radius 3 is 2.53 bits per heavy atom. The standard InChI is InChI=1S/C22H28N3O10P/c1-12(2)32-20(29)13(3)24-36(31,34-14-7-5-4-6-8-14)35-18-17-22(18,11-26)16(28)19(33-17)25-10-9-15(27)23-21(25)30/h4-10,12-13,16-19,26,28H,11H2,1-3H3,(H,24,31)(H,23,27,30). The molecule has 2 aromatic rings. The van der Waals surface area contributed by atoms with E-state index in [-0.39, 0.29) is 5.75 Å². The highest BCUT2D eigenvalue weighted by Gasteiger charge is 2.79. The van der Waals surface area contributed by atoms with Crippen molar-refractivity contribution in [3.05, 3.63) is 63.4 Å². The van der Waals surface area contributed by atoms with Gasteiger partial charge in [0.15, 0.2) is 6.23 Å². The number of aromatic nitrogens is 2. The number of esters is 1. The van der Waals surface area contributed by atoms with Gasteiger partial charge in [-0.1, -0.05) is 18.2 Å². The third kappa shape index (κ3) is 4.90. The Balaban J connectivity index is 1.56. The predicted octanol–water partition coefficient (Wildman–Crippen LogP) is 0.289. The van der Waals surface area contributed by atoms with Crippen molar-refractivity contribution in [2.24, 2.45) is 5.41 Å². The van der Waals surface area contributed by atoms with Gasteiger partial charge in [0, 0.05) is 12.3 Å². The third-order valence-corrected chi connectivity index (χ3v) is 7.67. The van der Waals surface area contributed by atoms with Gasteiger partial charge in [-0.3, -0.25) is 23.7 Å². The largest absolute Gasteiger partial charge is 0.462 e. The number of para-hydroxylation sites is 1. The number of carbonyl (C=O) groups excluding carboxylic acids is 1. The number of nitrogens with zero attached hydrogens (tertiary/aromatic N) is 1. The van der Waals surface area contributed by atoms with E-state index in [2.05, 4.69) is 10.1 Å². The summed E-state index contributed by atoms with van der Waals surface area (Å²) in [5, 5.41) is 23.7. The highest BCUT2D eigenvalue weighted by molar-refractivity contribution is 7.52. The number of ether oxygens (including phenoxy) is 2. The molecule has 14 heteroatoms. The van der Waals surface area contributed by atoms with Gasteiger partial charge in [0.1, 0.15) is 30.1 Å². The van der Waals surface area contributed by atoms with Gasteiger partial charge in [0.05, 0.1) is 18.1 Å². The van der Waals surface area contributed by atoms with Gasteiger partial charge in [-0.05, 0) is 32.9 Å². The molecule has 0 amide bonds. The molecular weight excluding hydrogens is 497 g/mol. The van der Waals surface area contributed by atoms with E-state index in [1.807, 2.05) is 0 Å². The summed E-state index contributed by atoms with van der Waals surface area (Å²) in [4.78, 5) is 37.9. The number of benzene rings is 1. The Bertz CT molecular complexity index is 1260. The minimum atomic E-state index is -4.30. The summed E-state index contributed by atoms with van der Waals surface area (Å²) >= 11 is 0. The first-order chi connectivity index (χ1) is 17.0. The number of hydrogen-bond donors (Lipinski definition) is 4. The second-order valence-electron chi connectivity index (χ2n) is 8.94. The zero-order valence-corrected chi connectivity index (χ0v) is 20.7. The summed E-state index contributed by atoms with van der Waals surface area (Å²) in [5.41, 5.74) is -2.86. The summed E-state index contributed by atoms with van der Waals surface area (Å²) < 4.78 is 37.1. The molecular formula is C22H28N3O10P. The molecule has 1 aromatic carbocycles. The number of hydrogen-bond acceptors (Lipinski definition) is 10. The molecule has 1 saturated carbocycles. The fourth-order valence-electron chi connectivity index (χ4n) is 4.16. The molecule has 13 nitrogen and oxygen atoms in total. The van der Waals surface area contributed by atoms with Crippen LogP contribution in [0.5, 0.6) is 5.75 Å². The van der Waals surface area contributed by atoms with Crippen molar-refractivity contribution in [1.82, 2.24) is 14.6 Å². The van der Waals surface area contributed by atoms with Crippen LogP contribution >= 0.6 is 7.75 Å². The maximum absolute atomic E-state index is 13.8. The molecule has 1 aliphatic heterocycles. The highest BCUT2D eigenvalue weighted by Crippen LogP contribution is 2.66. The Morgan fingerprint density at radius 1 is 1.25 bits per heavy atom. The molecule has 2 heterocycles. The van der Waals surface area contributed by atoms with Gasteiger partial charge in [-0.2, -0.15) is 5.09 Å². The normalized spacial score (nSPS) is 29.3. The molecule has 7 unspecified atom stereocenters. The summed E-state index contributed by atoms with van der Waals surface area (Å²) in [6.45, 7) is 4.13. The quantitative estimate of drug-likeness (QED) is 0.247. The molecule has 196 valence electrons. The molecule has 0 spiro atoms. The maximum atomic E-state index is 13.8. The number of aliphatic hydroxyl groups is 2. The highest BCUT2D eigenvalue weighted by atomic mass is 31.2. The summed E-state index contributed by atoms with van der Waals surface area (Å²) in [7, 11) is -4.30. The molecule has 4 N–H and O–H groups in total. The van der Waals surface area contributed by atoms with Gasteiger partial charge >= 0.3 is 19.4 Å². The van der Waals surface area contributed by atoms with Crippen LogP contribution in [-0.2, 0) is 23.4 Å². The molecule has 36 heavy (non-hydrogen) atoms. The summed E-state index contributed by atoms with van der Waals surface area (Å²) in [5.74, 6) is -0.507. The smallest absolute Gasteiger partial charge is 0.459 e. The molecule has 2 fully saturated rings. The zero-order valence-electron chi connectivity index (χ0n) is 19.8. The van der Waals surface area contributed by atoms with Crippen LogP contribution in [-0.4, -0.2) is 62.8 Å². The van der Waals surface area contributed by atoms with Crippen LogP contribution < -0.4 is 20.9 Å². The van der Waals surface area contributed by atoms with Crippen LogP contribution in [0.2, 0.25) is 0 Å². The van der Waals surface area contributed by atoms with Crippen molar-refractivity contribution in [3.63, 3.8) is 0 Å². The number of aromatic amines is 1. The number of aliphatic hydroxyl groups excluding tert-OH is 2. The molecule has 7 atom stereocenters. The second kappa shape index (κ2) is 9.92. The first-order valence-corrected chi connectivity index (χ1v) is 12.8. The SMILES string of the molecule is CC(C)OC(=O)C(C)NP(=O)(Oc1ccccc1)OC1C2OC(n3ccc(=O)[nH]c3=O)C(O)C21CO. The van der Waals surface area contributed by atoms with Crippen molar-refractivity contribution in [2.45, 2.75) is 57.5 Å². The Hall–Kier alpha value is -2.80. The van der Waals surface area contributed by atoms with E-state index in [1.165, 1.54) is 19.1 Å². The lowest BCUT2D eigenvalue weighted by Gasteiger charge is -2.28. The van der Waals surface area contributed by atoms with Gasteiger partial charge in [-0.15, -0.1) is 0 Å². The topological polar surface area (TPSA) is 178 Å².